The number of rotatable bonds is 1. The van der Waals surface area contributed by atoms with Crippen molar-refractivity contribution in [3.63, 3.8) is 0 Å². The van der Waals surface area contributed by atoms with Crippen molar-refractivity contribution in [2.75, 3.05) is 13.2 Å². The Morgan fingerprint density at radius 2 is 2.50 bits per heavy atom. The number of aromatic nitrogens is 1. The van der Waals surface area contributed by atoms with Gasteiger partial charge in [0, 0.05) is 18.0 Å². The van der Waals surface area contributed by atoms with Gasteiger partial charge in [0.1, 0.15) is 5.60 Å². The van der Waals surface area contributed by atoms with Gasteiger partial charge in [0.25, 0.3) is 0 Å². The topological polar surface area (TPSA) is 34.2 Å². The predicted molar refractivity (Wildman–Crippen MR) is 57.6 cm³/mol. The zero-order valence-corrected chi connectivity index (χ0v) is 9.65. The van der Waals surface area contributed by atoms with E-state index in [1.807, 2.05) is 6.92 Å². The molecule has 1 N–H and O–H groups in total. The normalized spacial score (nSPS) is 33.2. The fourth-order valence-electron chi connectivity index (χ4n) is 1.56. The van der Waals surface area contributed by atoms with E-state index in [4.69, 9.17) is 4.74 Å². The minimum atomic E-state index is -0.239. The van der Waals surface area contributed by atoms with Gasteiger partial charge in [0.2, 0.25) is 0 Å². The molecule has 14 heavy (non-hydrogen) atoms. The van der Waals surface area contributed by atoms with Crippen LogP contribution in [0.1, 0.15) is 24.5 Å². The van der Waals surface area contributed by atoms with Crippen LogP contribution in [0.5, 0.6) is 0 Å². The number of nitrogens with one attached hydrogen (secondary N) is 1. The Morgan fingerprint density at radius 1 is 1.71 bits per heavy atom. The molecule has 4 heteroatoms. The van der Waals surface area contributed by atoms with E-state index in [-0.39, 0.29) is 5.60 Å². The lowest BCUT2D eigenvalue weighted by Gasteiger charge is -2.36. The van der Waals surface area contributed by atoms with Gasteiger partial charge in [-0.1, -0.05) is 0 Å². The standard InChI is InChI=1S/C10H16N2OS/c1-7-4-13-10(3,6-11-7)9-5-14-8(2)12-9/h5,7,11H,4,6H2,1-3H3. The molecular weight excluding hydrogens is 196 g/mol. The summed E-state index contributed by atoms with van der Waals surface area (Å²) in [5, 5.41) is 6.61. The molecule has 0 aromatic carbocycles. The molecular formula is C10H16N2OS. The van der Waals surface area contributed by atoms with Gasteiger partial charge in [-0.15, -0.1) is 11.3 Å². The third-order valence-corrected chi connectivity index (χ3v) is 3.37. The zero-order chi connectivity index (χ0) is 10.2. The number of thiazole rings is 1. The first-order valence-corrected chi connectivity index (χ1v) is 5.78. The molecule has 0 saturated carbocycles. The average molecular weight is 212 g/mol. The molecule has 0 aliphatic carbocycles. The monoisotopic (exact) mass is 212 g/mol. The van der Waals surface area contributed by atoms with Gasteiger partial charge in [-0.2, -0.15) is 0 Å². The highest BCUT2D eigenvalue weighted by atomic mass is 32.1. The Kier molecular flexibility index (Phi) is 2.60. The maximum absolute atomic E-state index is 5.86. The predicted octanol–water partition coefficient (Wildman–Crippen LogP) is 1.68. The summed E-state index contributed by atoms with van der Waals surface area (Å²) in [6, 6.07) is 0.447. The Morgan fingerprint density at radius 3 is 3.00 bits per heavy atom. The largest absolute Gasteiger partial charge is 0.366 e. The first kappa shape index (κ1) is 10.1. The molecule has 2 heterocycles. The van der Waals surface area contributed by atoms with E-state index in [0.717, 1.165) is 23.9 Å². The minimum Gasteiger partial charge on any atom is -0.366 e. The quantitative estimate of drug-likeness (QED) is 0.769. The molecule has 2 rings (SSSR count). The Bertz CT molecular complexity index is 316. The van der Waals surface area contributed by atoms with Gasteiger partial charge >= 0.3 is 0 Å². The van der Waals surface area contributed by atoms with Gasteiger partial charge in [-0.3, -0.25) is 0 Å². The number of ether oxygens (including phenoxy) is 1. The summed E-state index contributed by atoms with van der Waals surface area (Å²) in [6.45, 7) is 7.85. The molecule has 0 amide bonds. The van der Waals surface area contributed by atoms with Crippen molar-refractivity contribution in [3.05, 3.63) is 16.1 Å². The average Bonchev–Trinajstić information content (AvgIpc) is 2.58. The van der Waals surface area contributed by atoms with Crippen LogP contribution in [-0.4, -0.2) is 24.2 Å². The van der Waals surface area contributed by atoms with Crippen molar-refractivity contribution in [2.24, 2.45) is 0 Å². The Labute approximate surface area is 88.5 Å². The fraction of sp³-hybridized carbons (Fsp3) is 0.700. The lowest BCUT2D eigenvalue weighted by atomic mass is 10.0. The Hall–Kier alpha value is -0.450. The molecule has 3 nitrogen and oxygen atoms in total. The van der Waals surface area contributed by atoms with Crippen LogP contribution in [0.2, 0.25) is 0 Å². The van der Waals surface area contributed by atoms with Crippen LogP contribution in [0, 0.1) is 6.92 Å². The summed E-state index contributed by atoms with van der Waals surface area (Å²) in [5.74, 6) is 0. The van der Waals surface area contributed by atoms with Gasteiger partial charge in [0.15, 0.2) is 0 Å². The van der Waals surface area contributed by atoms with Gasteiger partial charge in [-0.05, 0) is 20.8 Å². The fourth-order valence-corrected chi connectivity index (χ4v) is 2.29. The number of aryl methyl sites for hydroxylation is 1. The molecule has 1 saturated heterocycles. The highest BCUT2D eigenvalue weighted by Crippen LogP contribution is 2.28. The number of hydrogen-bond donors (Lipinski definition) is 1. The van der Waals surface area contributed by atoms with Gasteiger partial charge in [-0.25, -0.2) is 4.98 Å². The first-order valence-electron chi connectivity index (χ1n) is 4.90. The van der Waals surface area contributed by atoms with E-state index in [1.165, 1.54) is 0 Å². The Balaban J connectivity index is 2.16. The summed E-state index contributed by atoms with van der Waals surface area (Å²) in [4.78, 5) is 4.48. The lowest BCUT2D eigenvalue weighted by Crippen LogP contribution is -2.50. The molecule has 78 valence electrons. The molecule has 1 aliphatic rings. The van der Waals surface area contributed by atoms with E-state index < -0.39 is 0 Å². The summed E-state index contributed by atoms with van der Waals surface area (Å²) >= 11 is 1.68. The maximum atomic E-state index is 5.86. The molecule has 1 aromatic heterocycles. The second-order valence-corrected chi connectivity index (χ2v) is 5.14. The highest BCUT2D eigenvalue weighted by Gasteiger charge is 2.34. The van der Waals surface area contributed by atoms with Crippen LogP contribution in [0.25, 0.3) is 0 Å². The number of hydrogen-bond acceptors (Lipinski definition) is 4. The summed E-state index contributed by atoms with van der Waals surface area (Å²) in [6.07, 6.45) is 0. The second kappa shape index (κ2) is 3.61. The maximum Gasteiger partial charge on any atom is 0.120 e. The summed E-state index contributed by atoms with van der Waals surface area (Å²) in [5.41, 5.74) is 0.816. The molecule has 1 aromatic rings. The van der Waals surface area contributed by atoms with Crippen LogP contribution < -0.4 is 5.32 Å². The zero-order valence-electron chi connectivity index (χ0n) is 8.83. The summed E-state index contributed by atoms with van der Waals surface area (Å²) < 4.78 is 5.86. The lowest BCUT2D eigenvalue weighted by molar-refractivity contribution is -0.0752. The van der Waals surface area contributed by atoms with Crippen molar-refractivity contribution in [3.8, 4) is 0 Å². The van der Waals surface area contributed by atoms with E-state index >= 15 is 0 Å². The van der Waals surface area contributed by atoms with Crippen molar-refractivity contribution in [1.29, 1.82) is 0 Å². The van der Waals surface area contributed by atoms with E-state index in [9.17, 15) is 0 Å². The van der Waals surface area contributed by atoms with Crippen LogP contribution in [0.4, 0.5) is 0 Å². The molecule has 1 aliphatic heterocycles. The van der Waals surface area contributed by atoms with Gasteiger partial charge < -0.3 is 10.1 Å². The van der Waals surface area contributed by atoms with Crippen LogP contribution >= 0.6 is 11.3 Å². The van der Waals surface area contributed by atoms with Crippen molar-refractivity contribution in [1.82, 2.24) is 10.3 Å². The van der Waals surface area contributed by atoms with E-state index in [0.29, 0.717) is 6.04 Å². The molecule has 0 radical (unpaired) electrons. The molecule has 2 atom stereocenters. The third-order valence-electron chi connectivity index (χ3n) is 2.60. The third kappa shape index (κ3) is 1.82. The summed E-state index contributed by atoms with van der Waals surface area (Å²) in [7, 11) is 0. The van der Waals surface area contributed by atoms with E-state index in [2.05, 4.69) is 29.5 Å². The van der Waals surface area contributed by atoms with E-state index in [1.54, 1.807) is 11.3 Å². The molecule has 1 fully saturated rings. The van der Waals surface area contributed by atoms with Crippen molar-refractivity contribution in [2.45, 2.75) is 32.4 Å². The molecule has 2 unspecified atom stereocenters. The molecule has 0 bridgehead atoms. The highest BCUT2D eigenvalue weighted by molar-refractivity contribution is 7.09. The number of morpholine rings is 1. The van der Waals surface area contributed by atoms with Crippen LogP contribution in [0.3, 0.4) is 0 Å². The minimum absolute atomic E-state index is 0.239. The van der Waals surface area contributed by atoms with Crippen LogP contribution in [0.15, 0.2) is 5.38 Å². The SMILES string of the molecule is Cc1nc(C2(C)CNC(C)CO2)cs1. The van der Waals surface area contributed by atoms with Gasteiger partial charge in [0.05, 0.1) is 17.3 Å². The van der Waals surface area contributed by atoms with Crippen LogP contribution in [-0.2, 0) is 10.3 Å². The van der Waals surface area contributed by atoms with Crippen molar-refractivity contribution >= 4 is 11.3 Å². The van der Waals surface area contributed by atoms with Crippen molar-refractivity contribution < 1.29 is 4.74 Å². The first-order chi connectivity index (χ1) is 6.60. The number of nitrogens with zero attached hydrogens (tertiary/aromatic N) is 1. The second-order valence-electron chi connectivity index (χ2n) is 4.08. The molecule has 0 spiro atoms. The smallest absolute Gasteiger partial charge is 0.120 e.